The minimum atomic E-state index is 0.279. The third kappa shape index (κ3) is 3.04. The molecule has 4 nitrogen and oxygen atoms in total. The number of hydrogen-bond donors (Lipinski definition) is 1. The number of carbonyl (C=O) groups is 1. The first-order valence-electron chi connectivity index (χ1n) is 9.96. The first-order chi connectivity index (χ1) is 12.1. The van der Waals surface area contributed by atoms with Crippen LogP contribution in [0.1, 0.15) is 52.2 Å². The molecule has 1 aromatic heterocycles. The molecule has 1 aromatic rings. The number of carbonyl (C=O) groups excluding carboxylic acids is 1. The van der Waals surface area contributed by atoms with E-state index in [2.05, 4.69) is 28.2 Å². The van der Waals surface area contributed by atoms with Gasteiger partial charge in [-0.15, -0.1) is 11.3 Å². The van der Waals surface area contributed by atoms with Crippen molar-refractivity contribution < 1.29 is 4.79 Å². The molecule has 3 fully saturated rings. The number of amides is 1. The Bertz CT molecular complexity index is 649. The van der Waals surface area contributed by atoms with Crippen LogP contribution < -0.4 is 5.32 Å². The molecule has 1 atom stereocenters. The van der Waals surface area contributed by atoms with Crippen LogP contribution in [0.15, 0.2) is 6.07 Å². The zero-order valence-corrected chi connectivity index (χ0v) is 16.0. The fourth-order valence-electron chi connectivity index (χ4n) is 4.98. The van der Waals surface area contributed by atoms with Gasteiger partial charge >= 0.3 is 0 Å². The van der Waals surface area contributed by atoms with Gasteiger partial charge in [0.25, 0.3) is 5.91 Å². The predicted octanol–water partition coefficient (Wildman–Crippen LogP) is 2.73. The summed E-state index contributed by atoms with van der Waals surface area (Å²) in [5.41, 5.74) is 1.91. The molecule has 136 valence electrons. The van der Waals surface area contributed by atoms with Crippen molar-refractivity contribution in [2.45, 2.75) is 51.1 Å². The lowest BCUT2D eigenvalue weighted by Gasteiger charge is -2.33. The average Bonchev–Trinajstić information content (AvgIpc) is 3.53. The SMILES string of the molecule is CN(CC1CC12CCN(C(=O)c1cc3c(s1)CCNC3)CC2)C1CC1. The van der Waals surface area contributed by atoms with Crippen LogP contribution in [-0.2, 0) is 13.0 Å². The van der Waals surface area contributed by atoms with Crippen LogP contribution in [0.3, 0.4) is 0 Å². The Morgan fingerprint density at radius 2 is 2.20 bits per heavy atom. The van der Waals surface area contributed by atoms with Gasteiger partial charge in [0.15, 0.2) is 0 Å². The lowest BCUT2D eigenvalue weighted by molar-refractivity contribution is 0.0669. The fraction of sp³-hybridized carbons (Fsp3) is 0.750. The molecule has 2 saturated carbocycles. The first kappa shape index (κ1) is 16.3. The molecule has 4 aliphatic rings. The predicted molar refractivity (Wildman–Crippen MR) is 101 cm³/mol. The second-order valence-electron chi connectivity index (χ2n) is 8.71. The van der Waals surface area contributed by atoms with Gasteiger partial charge in [-0.2, -0.15) is 0 Å². The van der Waals surface area contributed by atoms with Crippen molar-refractivity contribution in [3.63, 3.8) is 0 Å². The summed E-state index contributed by atoms with van der Waals surface area (Å²) in [5.74, 6) is 1.16. The third-order valence-corrected chi connectivity index (χ3v) is 8.26. The molecule has 2 aliphatic carbocycles. The largest absolute Gasteiger partial charge is 0.338 e. The maximum absolute atomic E-state index is 12.9. The fourth-order valence-corrected chi connectivity index (χ4v) is 6.13. The Morgan fingerprint density at radius 3 is 2.92 bits per heavy atom. The highest BCUT2D eigenvalue weighted by Crippen LogP contribution is 2.59. The number of rotatable bonds is 4. The normalized spacial score (nSPS) is 27.6. The van der Waals surface area contributed by atoms with Gasteiger partial charge in [-0.3, -0.25) is 4.79 Å². The highest BCUT2D eigenvalue weighted by atomic mass is 32.1. The van der Waals surface area contributed by atoms with Crippen molar-refractivity contribution in [1.82, 2.24) is 15.1 Å². The zero-order chi connectivity index (χ0) is 17.0. The maximum Gasteiger partial charge on any atom is 0.263 e. The number of nitrogens with zero attached hydrogens (tertiary/aromatic N) is 2. The summed E-state index contributed by atoms with van der Waals surface area (Å²) in [6, 6.07) is 3.02. The van der Waals surface area contributed by atoms with Crippen molar-refractivity contribution in [1.29, 1.82) is 0 Å². The molecule has 0 aromatic carbocycles. The summed E-state index contributed by atoms with van der Waals surface area (Å²) in [4.78, 5) is 20.0. The summed E-state index contributed by atoms with van der Waals surface area (Å²) in [7, 11) is 2.30. The van der Waals surface area contributed by atoms with Crippen molar-refractivity contribution in [3.05, 3.63) is 21.4 Å². The van der Waals surface area contributed by atoms with E-state index < -0.39 is 0 Å². The van der Waals surface area contributed by atoms with Crippen LogP contribution in [-0.4, -0.2) is 55.0 Å². The van der Waals surface area contributed by atoms with Gasteiger partial charge in [0, 0.05) is 43.6 Å². The smallest absolute Gasteiger partial charge is 0.263 e. The number of nitrogens with one attached hydrogen (secondary N) is 1. The van der Waals surface area contributed by atoms with E-state index in [1.165, 1.54) is 49.1 Å². The molecule has 2 aliphatic heterocycles. The number of thiophene rings is 1. The van der Waals surface area contributed by atoms with Crippen LogP contribution in [0.4, 0.5) is 0 Å². The highest BCUT2D eigenvalue weighted by Gasteiger charge is 2.55. The molecule has 5 heteroatoms. The molecular weight excluding hydrogens is 330 g/mol. The Hall–Kier alpha value is -0.910. The minimum absolute atomic E-state index is 0.279. The number of likely N-dealkylation sites (tertiary alicyclic amines) is 1. The lowest BCUT2D eigenvalue weighted by Crippen LogP contribution is -2.40. The van der Waals surface area contributed by atoms with Gasteiger partial charge in [0.05, 0.1) is 4.88 Å². The van der Waals surface area contributed by atoms with E-state index in [1.807, 2.05) is 0 Å². The molecule has 5 rings (SSSR count). The Morgan fingerprint density at radius 1 is 1.40 bits per heavy atom. The standard InChI is InChI=1S/C20H29N3OS/c1-22(16-2-3-16)13-15-11-20(15)5-8-23(9-6-20)19(24)18-10-14-12-21-7-4-17(14)25-18/h10,15-16,21H,2-9,11-13H2,1H3. The van der Waals surface area contributed by atoms with E-state index >= 15 is 0 Å². The lowest BCUT2D eigenvalue weighted by atomic mass is 9.90. The van der Waals surface area contributed by atoms with E-state index in [1.54, 1.807) is 11.3 Å². The molecule has 1 spiro atoms. The quantitative estimate of drug-likeness (QED) is 0.898. The molecule has 1 N–H and O–H groups in total. The second kappa shape index (κ2) is 6.07. The minimum Gasteiger partial charge on any atom is -0.338 e. The summed E-state index contributed by atoms with van der Waals surface area (Å²) in [5, 5.41) is 3.40. The molecule has 0 bridgehead atoms. The van der Waals surface area contributed by atoms with E-state index in [-0.39, 0.29) is 5.91 Å². The topological polar surface area (TPSA) is 35.6 Å². The zero-order valence-electron chi connectivity index (χ0n) is 15.2. The van der Waals surface area contributed by atoms with Gasteiger partial charge in [0.2, 0.25) is 0 Å². The average molecular weight is 360 g/mol. The molecule has 25 heavy (non-hydrogen) atoms. The summed E-state index contributed by atoms with van der Waals surface area (Å²) in [6.45, 7) is 5.18. The van der Waals surface area contributed by atoms with Crippen molar-refractivity contribution in [2.75, 3.05) is 33.2 Å². The van der Waals surface area contributed by atoms with E-state index in [0.29, 0.717) is 5.41 Å². The summed E-state index contributed by atoms with van der Waals surface area (Å²) in [6.07, 6.45) is 7.71. The maximum atomic E-state index is 12.9. The van der Waals surface area contributed by atoms with Gasteiger partial charge in [-0.25, -0.2) is 0 Å². The van der Waals surface area contributed by atoms with Gasteiger partial charge < -0.3 is 15.1 Å². The van der Waals surface area contributed by atoms with E-state index in [4.69, 9.17) is 0 Å². The molecule has 1 amide bonds. The van der Waals surface area contributed by atoms with Crippen LogP contribution in [0.25, 0.3) is 0 Å². The first-order valence-corrected chi connectivity index (χ1v) is 10.8. The molecule has 1 unspecified atom stereocenters. The third-order valence-electron chi connectivity index (χ3n) is 7.04. The Kier molecular flexibility index (Phi) is 3.95. The monoisotopic (exact) mass is 359 g/mol. The number of piperidine rings is 1. The molecule has 3 heterocycles. The van der Waals surface area contributed by atoms with Crippen LogP contribution >= 0.6 is 11.3 Å². The Labute approximate surface area is 154 Å². The Balaban J connectivity index is 1.18. The summed E-state index contributed by atoms with van der Waals surface area (Å²) >= 11 is 1.73. The molecular formula is C20H29N3OS. The van der Waals surface area contributed by atoms with Crippen LogP contribution in [0.5, 0.6) is 0 Å². The van der Waals surface area contributed by atoms with Gasteiger partial charge in [-0.1, -0.05) is 0 Å². The van der Waals surface area contributed by atoms with Crippen LogP contribution in [0.2, 0.25) is 0 Å². The van der Waals surface area contributed by atoms with E-state index in [0.717, 1.165) is 49.4 Å². The van der Waals surface area contributed by atoms with Crippen molar-refractivity contribution >= 4 is 17.2 Å². The molecule has 0 radical (unpaired) electrons. The van der Waals surface area contributed by atoms with Crippen molar-refractivity contribution in [2.24, 2.45) is 11.3 Å². The summed E-state index contributed by atoms with van der Waals surface area (Å²) < 4.78 is 0. The second-order valence-corrected chi connectivity index (χ2v) is 9.85. The van der Waals surface area contributed by atoms with E-state index in [9.17, 15) is 4.79 Å². The number of hydrogen-bond acceptors (Lipinski definition) is 4. The highest BCUT2D eigenvalue weighted by molar-refractivity contribution is 7.14. The van der Waals surface area contributed by atoms with Gasteiger partial charge in [0.1, 0.15) is 0 Å². The van der Waals surface area contributed by atoms with Crippen molar-refractivity contribution in [3.8, 4) is 0 Å². The molecule has 1 saturated heterocycles. The van der Waals surface area contributed by atoms with Crippen LogP contribution in [0, 0.1) is 11.3 Å². The number of fused-ring (bicyclic) bond motifs is 1. The van der Waals surface area contributed by atoms with Gasteiger partial charge in [-0.05, 0) is 68.5 Å².